The van der Waals surface area contributed by atoms with Crippen molar-refractivity contribution in [2.75, 3.05) is 6.61 Å². The summed E-state index contributed by atoms with van der Waals surface area (Å²) in [6, 6.07) is 9.66. The predicted octanol–water partition coefficient (Wildman–Crippen LogP) is 1.12. The molecule has 1 amide bonds. The number of rotatable bonds is 6. The molecule has 0 aliphatic rings. The second-order valence-electron chi connectivity index (χ2n) is 3.96. The number of amides is 1. The molecular weight excluding hydrogens is 258 g/mol. The fourth-order valence-corrected chi connectivity index (χ4v) is 1.62. The minimum atomic E-state index is -0.673. The molecule has 104 valence electrons. The third-order valence-electron chi connectivity index (χ3n) is 2.53. The van der Waals surface area contributed by atoms with Gasteiger partial charge in [0, 0.05) is 0 Å². The van der Waals surface area contributed by atoms with Crippen LogP contribution in [0.3, 0.4) is 0 Å². The van der Waals surface area contributed by atoms with Crippen LogP contribution in [-0.2, 0) is 11.3 Å². The number of nitrogens with two attached hydrogens (primary N) is 1. The highest BCUT2D eigenvalue weighted by molar-refractivity contribution is 5.95. The van der Waals surface area contributed by atoms with Crippen molar-refractivity contribution in [2.45, 2.75) is 13.5 Å². The van der Waals surface area contributed by atoms with Gasteiger partial charge in [0.05, 0.1) is 13.2 Å². The molecule has 0 atom stereocenters. The molecule has 0 saturated carbocycles. The van der Waals surface area contributed by atoms with E-state index in [2.05, 4.69) is 15.3 Å². The van der Waals surface area contributed by atoms with E-state index in [1.807, 2.05) is 37.3 Å². The van der Waals surface area contributed by atoms with Crippen LogP contribution in [0.2, 0.25) is 0 Å². The summed E-state index contributed by atoms with van der Waals surface area (Å²) in [4.78, 5) is 15.4. The van der Waals surface area contributed by atoms with E-state index in [-0.39, 0.29) is 11.5 Å². The minimum Gasteiger partial charge on any atom is -0.483 e. The molecule has 0 radical (unpaired) electrons. The molecule has 0 fully saturated rings. The predicted molar refractivity (Wildman–Crippen MR) is 73.9 cm³/mol. The molecule has 2 rings (SSSR count). The number of aliphatic imine (C=N–C) groups is 1. The SMILES string of the molecule is CCO/C=N/c1c(C(N)=O)nnn1Cc1ccccc1. The highest BCUT2D eigenvalue weighted by Crippen LogP contribution is 2.17. The lowest BCUT2D eigenvalue weighted by molar-refractivity contribution is 0.0996. The Morgan fingerprint density at radius 2 is 2.20 bits per heavy atom. The van der Waals surface area contributed by atoms with E-state index in [4.69, 9.17) is 10.5 Å². The van der Waals surface area contributed by atoms with Gasteiger partial charge in [0.25, 0.3) is 5.91 Å². The quantitative estimate of drug-likeness (QED) is 0.630. The van der Waals surface area contributed by atoms with E-state index in [9.17, 15) is 4.79 Å². The van der Waals surface area contributed by atoms with Crippen LogP contribution in [0.1, 0.15) is 23.0 Å². The van der Waals surface area contributed by atoms with E-state index in [1.54, 1.807) is 0 Å². The van der Waals surface area contributed by atoms with Gasteiger partial charge in [-0.3, -0.25) is 4.79 Å². The largest absolute Gasteiger partial charge is 0.483 e. The van der Waals surface area contributed by atoms with Crippen molar-refractivity contribution in [3.8, 4) is 0 Å². The topological polar surface area (TPSA) is 95.4 Å². The maximum atomic E-state index is 11.3. The van der Waals surface area contributed by atoms with Crippen molar-refractivity contribution in [3.63, 3.8) is 0 Å². The Morgan fingerprint density at radius 3 is 2.85 bits per heavy atom. The van der Waals surface area contributed by atoms with Gasteiger partial charge in [-0.05, 0) is 12.5 Å². The normalized spacial score (nSPS) is 10.8. The Bertz CT molecular complexity index is 606. The zero-order valence-electron chi connectivity index (χ0n) is 11.1. The van der Waals surface area contributed by atoms with Crippen LogP contribution in [0.5, 0.6) is 0 Å². The number of ether oxygens (including phenoxy) is 1. The van der Waals surface area contributed by atoms with Crippen molar-refractivity contribution in [2.24, 2.45) is 10.7 Å². The van der Waals surface area contributed by atoms with Crippen LogP contribution in [0.4, 0.5) is 5.82 Å². The summed E-state index contributed by atoms with van der Waals surface area (Å²) in [5, 5.41) is 7.67. The molecule has 0 bridgehead atoms. The van der Waals surface area contributed by atoms with Crippen molar-refractivity contribution < 1.29 is 9.53 Å². The minimum absolute atomic E-state index is 0.0249. The number of hydrogen-bond donors (Lipinski definition) is 1. The van der Waals surface area contributed by atoms with E-state index in [1.165, 1.54) is 11.1 Å². The Morgan fingerprint density at radius 1 is 1.45 bits per heavy atom. The number of carbonyl (C=O) groups excluding carboxylic acids is 1. The highest BCUT2D eigenvalue weighted by atomic mass is 16.5. The van der Waals surface area contributed by atoms with Crippen LogP contribution in [0, 0.1) is 0 Å². The van der Waals surface area contributed by atoms with Gasteiger partial charge in [-0.25, -0.2) is 4.68 Å². The van der Waals surface area contributed by atoms with Crippen LogP contribution in [0.25, 0.3) is 0 Å². The van der Waals surface area contributed by atoms with Gasteiger partial charge in [0.1, 0.15) is 0 Å². The highest BCUT2D eigenvalue weighted by Gasteiger charge is 2.16. The Balaban J connectivity index is 2.30. The third kappa shape index (κ3) is 3.19. The van der Waals surface area contributed by atoms with E-state index in [0.29, 0.717) is 13.2 Å². The van der Waals surface area contributed by atoms with Crippen molar-refractivity contribution in [1.82, 2.24) is 15.0 Å². The van der Waals surface area contributed by atoms with Gasteiger partial charge >= 0.3 is 0 Å². The lowest BCUT2D eigenvalue weighted by atomic mass is 10.2. The van der Waals surface area contributed by atoms with Crippen molar-refractivity contribution >= 4 is 18.1 Å². The first-order valence-electron chi connectivity index (χ1n) is 6.13. The monoisotopic (exact) mass is 273 g/mol. The van der Waals surface area contributed by atoms with Crippen LogP contribution < -0.4 is 5.73 Å². The van der Waals surface area contributed by atoms with Gasteiger partial charge in [0.2, 0.25) is 0 Å². The fraction of sp³-hybridized carbons (Fsp3) is 0.231. The Hall–Kier alpha value is -2.70. The molecule has 1 aromatic carbocycles. The molecule has 2 aromatic rings. The molecule has 1 heterocycles. The standard InChI is InChI=1S/C13H15N5O2/c1-2-20-9-15-13-11(12(14)19)16-17-18(13)8-10-6-4-3-5-7-10/h3-7,9H,2,8H2,1H3,(H2,14,19)/b15-9+. The lowest BCUT2D eigenvalue weighted by Crippen LogP contribution is -2.12. The summed E-state index contributed by atoms with van der Waals surface area (Å²) in [7, 11) is 0. The van der Waals surface area contributed by atoms with Gasteiger partial charge < -0.3 is 10.5 Å². The maximum Gasteiger partial charge on any atom is 0.273 e. The van der Waals surface area contributed by atoms with Crippen LogP contribution >= 0.6 is 0 Å². The molecule has 0 aliphatic heterocycles. The summed E-state index contributed by atoms with van der Waals surface area (Å²) < 4.78 is 6.54. The number of aromatic nitrogens is 3. The molecular formula is C13H15N5O2. The first-order valence-corrected chi connectivity index (χ1v) is 6.13. The average molecular weight is 273 g/mol. The third-order valence-corrected chi connectivity index (χ3v) is 2.53. The summed E-state index contributed by atoms with van der Waals surface area (Å²) >= 11 is 0. The fourth-order valence-electron chi connectivity index (χ4n) is 1.62. The Labute approximate surface area is 116 Å². The second-order valence-corrected chi connectivity index (χ2v) is 3.96. The van der Waals surface area contributed by atoms with E-state index < -0.39 is 5.91 Å². The second kappa shape index (κ2) is 6.46. The average Bonchev–Trinajstić information content (AvgIpc) is 2.83. The summed E-state index contributed by atoms with van der Waals surface area (Å²) in [6.45, 7) is 2.76. The molecule has 0 aliphatic carbocycles. The number of primary amides is 1. The molecule has 7 nitrogen and oxygen atoms in total. The summed E-state index contributed by atoms with van der Waals surface area (Å²) in [5.41, 5.74) is 6.30. The maximum absolute atomic E-state index is 11.3. The summed E-state index contributed by atoms with van der Waals surface area (Å²) in [6.07, 6.45) is 1.26. The van der Waals surface area contributed by atoms with Gasteiger partial charge in [0.15, 0.2) is 17.9 Å². The zero-order chi connectivity index (χ0) is 14.4. The molecule has 7 heteroatoms. The van der Waals surface area contributed by atoms with Crippen molar-refractivity contribution in [3.05, 3.63) is 41.6 Å². The van der Waals surface area contributed by atoms with E-state index in [0.717, 1.165) is 5.56 Å². The van der Waals surface area contributed by atoms with Gasteiger partial charge in [-0.1, -0.05) is 35.5 Å². The number of carbonyl (C=O) groups is 1. The van der Waals surface area contributed by atoms with Crippen LogP contribution in [-0.4, -0.2) is 33.9 Å². The van der Waals surface area contributed by atoms with Gasteiger partial charge in [-0.15, -0.1) is 5.10 Å². The van der Waals surface area contributed by atoms with Gasteiger partial charge in [-0.2, -0.15) is 4.99 Å². The molecule has 0 spiro atoms. The smallest absolute Gasteiger partial charge is 0.273 e. The molecule has 2 N–H and O–H groups in total. The Kier molecular flexibility index (Phi) is 4.43. The van der Waals surface area contributed by atoms with E-state index >= 15 is 0 Å². The van der Waals surface area contributed by atoms with Crippen LogP contribution in [0.15, 0.2) is 35.3 Å². The first-order chi connectivity index (χ1) is 9.72. The molecule has 1 aromatic heterocycles. The number of benzene rings is 1. The molecule has 0 saturated heterocycles. The first kappa shape index (κ1) is 13.7. The number of hydrogen-bond acceptors (Lipinski definition) is 5. The molecule has 0 unspecified atom stereocenters. The lowest BCUT2D eigenvalue weighted by Gasteiger charge is -2.03. The molecule has 20 heavy (non-hydrogen) atoms. The zero-order valence-corrected chi connectivity index (χ0v) is 11.1. The summed E-state index contributed by atoms with van der Waals surface area (Å²) in [5.74, 6) is -0.386. The number of nitrogens with zero attached hydrogens (tertiary/aromatic N) is 4. The van der Waals surface area contributed by atoms with Crippen molar-refractivity contribution in [1.29, 1.82) is 0 Å².